The van der Waals surface area contributed by atoms with Crippen LogP contribution in [0.25, 0.3) is 11.3 Å². The number of amides is 2. The van der Waals surface area contributed by atoms with Crippen molar-refractivity contribution in [3.63, 3.8) is 0 Å². The lowest BCUT2D eigenvalue weighted by molar-refractivity contribution is 0.0724. The van der Waals surface area contributed by atoms with Crippen LogP contribution >= 0.6 is 0 Å². The van der Waals surface area contributed by atoms with Crippen LogP contribution in [-0.2, 0) is 13.1 Å². The van der Waals surface area contributed by atoms with Crippen LogP contribution in [0.15, 0.2) is 85.3 Å². The quantitative estimate of drug-likeness (QED) is 0.422. The van der Waals surface area contributed by atoms with Gasteiger partial charge in [-0.1, -0.05) is 42.5 Å². The molecule has 0 radical (unpaired) electrons. The summed E-state index contributed by atoms with van der Waals surface area (Å²) in [4.78, 5) is 32.0. The second-order valence-electron chi connectivity index (χ2n) is 9.05. The molecule has 2 amide bonds. The van der Waals surface area contributed by atoms with Crippen molar-refractivity contribution in [3.8, 4) is 11.3 Å². The molecule has 7 nitrogen and oxygen atoms in total. The number of hydrogen-bond acceptors (Lipinski definition) is 4. The molecule has 1 saturated heterocycles. The molecule has 0 atom stereocenters. The van der Waals surface area contributed by atoms with Crippen LogP contribution < -0.4 is 5.32 Å². The summed E-state index contributed by atoms with van der Waals surface area (Å²) in [5.74, 6) is -0.126. The molecule has 7 heteroatoms. The zero-order valence-electron chi connectivity index (χ0n) is 20.1. The van der Waals surface area contributed by atoms with Gasteiger partial charge in [-0.2, -0.15) is 5.10 Å². The molecule has 0 saturated carbocycles. The molecule has 36 heavy (non-hydrogen) atoms. The van der Waals surface area contributed by atoms with Gasteiger partial charge in [0.05, 0.1) is 12.1 Å². The fourth-order valence-corrected chi connectivity index (χ4v) is 4.48. The number of nitrogens with zero attached hydrogens (tertiary/aromatic N) is 4. The summed E-state index contributed by atoms with van der Waals surface area (Å²) in [5, 5.41) is 7.71. The number of rotatable bonds is 7. The van der Waals surface area contributed by atoms with Crippen molar-refractivity contribution >= 4 is 11.8 Å². The van der Waals surface area contributed by atoms with Crippen molar-refractivity contribution in [2.45, 2.75) is 32.4 Å². The van der Waals surface area contributed by atoms with E-state index in [9.17, 15) is 9.59 Å². The third-order valence-electron chi connectivity index (χ3n) is 6.43. The minimum atomic E-state index is -0.207. The molecule has 182 valence electrons. The summed E-state index contributed by atoms with van der Waals surface area (Å²) in [6.07, 6.45) is 8.52. The average Bonchev–Trinajstić information content (AvgIpc) is 3.37. The van der Waals surface area contributed by atoms with Gasteiger partial charge in [0, 0.05) is 49.4 Å². The Morgan fingerprint density at radius 2 is 1.64 bits per heavy atom. The van der Waals surface area contributed by atoms with E-state index in [1.807, 2.05) is 71.6 Å². The summed E-state index contributed by atoms with van der Waals surface area (Å²) in [7, 11) is 0. The van der Waals surface area contributed by atoms with Gasteiger partial charge in [0.2, 0.25) is 0 Å². The minimum absolute atomic E-state index is 0.0808. The molecule has 1 fully saturated rings. The molecule has 5 rings (SSSR count). The number of likely N-dealkylation sites (tertiary alicyclic amines) is 1. The van der Waals surface area contributed by atoms with E-state index in [2.05, 4.69) is 10.3 Å². The van der Waals surface area contributed by atoms with Crippen LogP contribution in [0.3, 0.4) is 0 Å². The number of carbonyl (C=O) groups is 2. The summed E-state index contributed by atoms with van der Waals surface area (Å²) in [6.45, 7) is 2.57. The molecule has 0 bridgehead atoms. The van der Waals surface area contributed by atoms with Crippen LogP contribution in [0.2, 0.25) is 0 Å². The summed E-state index contributed by atoms with van der Waals surface area (Å²) in [6, 6.07) is 21.2. The Labute approximate surface area is 210 Å². The van der Waals surface area contributed by atoms with E-state index in [1.54, 1.807) is 23.3 Å². The maximum atomic E-state index is 13.2. The van der Waals surface area contributed by atoms with Gasteiger partial charge < -0.3 is 10.2 Å². The molecule has 0 unspecified atom stereocenters. The van der Waals surface area contributed by atoms with Gasteiger partial charge in [-0.15, -0.1) is 0 Å². The van der Waals surface area contributed by atoms with Gasteiger partial charge in [0.15, 0.2) is 0 Å². The Balaban J connectivity index is 1.29. The van der Waals surface area contributed by atoms with E-state index in [0.29, 0.717) is 29.9 Å². The molecular formula is C29H29N5O2. The first-order valence-corrected chi connectivity index (χ1v) is 12.4. The molecule has 0 spiro atoms. The van der Waals surface area contributed by atoms with E-state index < -0.39 is 0 Å². The van der Waals surface area contributed by atoms with Crippen LogP contribution in [0.4, 0.5) is 0 Å². The van der Waals surface area contributed by atoms with Crippen molar-refractivity contribution in [2.75, 3.05) is 13.1 Å². The van der Waals surface area contributed by atoms with Gasteiger partial charge in [-0.25, -0.2) is 0 Å². The fourth-order valence-electron chi connectivity index (χ4n) is 4.48. The van der Waals surface area contributed by atoms with Crippen LogP contribution in [0, 0.1) is 0 Å². The third kappa shape index (κ3) is 5.51. The second kappa shape index (κ2) is 11.0. The number of benzene rings is 2. The minimum Gasteiger partial charge on any atom is -0.348 e. The van der Waals surface area contributed by atoms with E-state index >= 15 is 0 Å². The Morgan fingerprint density at radius 1 is 0.861 bits per heavy atom. The molecule has 1 N–H and O–H groups in total. The second-order valence-corrected chi connectivity index (χ2v) is 9.05. The first kappa shape index (κ1) is 23.5. The van der Waals surface area contributed by atoms with Crippen LogP contribution in [0.1, 0.15) is 51.1 Å². The van der Waals surface area contributed by atoms with Crippen molar-refractivity contribution in [1.29, 1.82) is 0 Å². The first-order chi connectivity index (χ1) is 17.7. The Morgan fingerprint density at radius 3 is 2.36 bits per heavy atom. The van der Waals surface area contributed by atoms with E-state index in [0.717, 1.165) is 42.6 Å². The van der Waals surface area contributed by atoms with E-state index in [4.69, 9.17) is 5.10 Å². The van der Waals surface area contributed by atoms with Crippen LogP contribution in [-0.4, -0.2) is 44.6 Å². The largest absolute Gasteiger partial charge is 0.348 e. The third-order valence-corrected chi connectivity index (χ3v) is 6.43. The van der Waals surface area contributed by atoms with Gasteiger partial charge in [0.25, 0.3) is 11.8 Å². The summed E-state index contributed by atoms with van der Waals surface area (Å²) in [5.41, 5.74) is 4.60. The maximum Gasteiger partial charge on any atom is 0.255 e. The Bertz CT molecular complexity index is 1310. The highest BCUT2D eigenvalue weighted by Gasteiger charge is 2.20. The van der Waals surface area contributed by atoms with Crippen molar-refractivity contribution in [1.82, 2.24) is 25.0 Å². The number of aromatic nitrogens is 3. The topological polar surface area (TPSA) is 80.1 Å². The molecule has 3 heterocycles. The lowest BCUT2D eigenvalue weighted by atomic mass is 10.1. The van der Waals surface area contributed by atoms with Gasteiger partial charge in [-0.3, -0.25) is 19.3 Å². The molecular weight excluding hydrogens is 450 g/mol. The van der Waals surface area contributed by atoms with Crippen molar-refractivity contribution in [3.05, 3.63) is 108 Å². The number of hydrogen-bond donors (Lipinski definition) is 1. The van der Waals surface area contributed by atoms with Gasteiger partial charge >= 0.3 is 0 Å². The summed E-state index contributed by atoms with van der Waals surface area (Å²) < 4.78 is 1.79. The number of carbonyl (C=O) groups excluding carboxylic acids is 2. The highest BCUT2D eigenvalue weighted by Crippen LogP contribution is 2.22. The fraction of sp³-hybridized carbons (Fsp3) is 0.241. The van der Waals surface area contributed by atoms with E-state index in [-0.39, 0.29) is 11.8 Å². The van der Waals surface area contributed by atoms with Gasteiger partial charge in [0.1, 0.15) is 5.69 Å². The van der Waals surface area contributed by atoms with E-state index in [1.165, 1.54) is 6.42 Å². The molecule has 1 aliphatic rings. The lowest BCUT2D eigenvalue weighted by Gasteiger charge is -2.26. The summed E-state index contributed by atoms with van der Waals surface area (Å²) >= 11 is 0. The first-order valence-electron chi connectivity index (χ1n) is 12.4. The van der Waals surface area contributed by atoms with Crippen molar-refractivity contribution < 1.29 is 9.59 Å². The van der Waals surface area contributed by atoms with Crippen molar-refractivity contribution in [2.24, 2.45) is 0 Å². The Kier molecular flexibility index (Phi) is 7.17. The molecule has 2 aromatic heterocycles. The number of nitrogens with one attached hydrogen (secondary N) is 1. The standard InChI is InChI=1S/C29H29N5O2/c35-28(31-18-22-11-13-24(14-12-22)29(36)33-16-5-2-6-17-33)26-21-34(20-23-8-3-1-4-9-23)32-27(26)25-10-7-15-30-19-25/h1,3-4,7-15,19,21H,2,5-6,16-18,20H2,(H,31,35). The SMILES string of the molecule is O=C(NCc1ccc(C(=O)N2CCCCC2)cc1)c1cn(Cc2ccccc2)nc1-c1cccnc1. The number of pyridine rings is 1. The number of piperidine rings is 1. The zero-order valence-corrected chi connectivity index (χ0v) is 20.1. The lowest BCUT2D eigenvalue weighted by Crippen LogP contribution is -2.35. The predicted molar refractivity (Wildman–Crippen MR) is 138 cm³/mol. The average molecular weight is 480 g/mol. The molecule has 0 aliphatic carbocycles. The predicted octanol–water partition coefficient (Wildman–Crippen LogP) is 4.55. The van der Waals surface area contributed by atoms with Crippen LogP contribution in [0.5, 0.6) is 0 Å². The highest BCUT2D eigenvalue weighted by molar-refractivity contribution is 5.99. The smallest absolute Gasteiger partial charge is 0.255 e. The molecule has 4 aromatic rings. The normalized spacial score (nSPS) is 13.4. The molecule has 2 aromatic carbocycles. The monoisotopic (exact) mass is 479 g/mol. The van der Waals surface area contributed by atoms with Gasteiger partial charge in [-0.05, 0) is 54.7 Å². The Hall–Kier alpha value is -4.26. The highest BCUT2D eigenvalue weighted by atomic mass is 16.2. The maximum absolute atomic E-state index is 13.2. The molecule has 1 aliphatic heterocycles. The zero-order chi connectivity index (χ0) is 24.7.